The van der Waals surface area contributed by atoms with E-state index in [0.717, 1.165) is 5.56 Å². The molecule has 1 aromatic heterocycles. The average molecular weight is 420 g/mol. The van der Waals surface area contributed by atoms with Crippen LogP contribution in [0.5, 0.6) is 0 Å². The van der Waals surface area contributed by atoms with Gasteiger partial charge in [0.15, 0.2) is 0 Å². The molecule has 30 heavy (non-hydrogen) atoms. The van der Waals surface area contributed by atoms with Crippen LogP contribution in [-0.2, 0) is 13.2 Å². The zero-order valence-electron chi connectivity index (χ0n) is 15.9. The highest BCUT2D eigenvalue weighted by Crippen LogP contribution is 2.33. The summed E-state index contributed by atoms with van der Waals surface area (Å²) in [4.78, 5) is 25.7. The van der Waals surface area contributed by atoms with Gasteiger partial charge in [-0.1, -0.05) is 66.2 Å². The van der Waals surface area contributed by atoms with Crippen LogP contribution in [0, 0.1) is 0 Å². The number of halogens is 1. The van der Waals surface area contributed by atoms with Gasteiger partial charge in [0.1, 0.15) is 5.69 Å². The van der Waals surface area contributed by atoms with Crippen LogP contribution in [0.2, 0.25) is 5.02 Å². The quantitative estimate of drug-likeness (QED) is 0.497. The Morgan fingerprint density at radius 2 is 1.60 bits per heavy atom. The van der Waals surface area contributed by atoms with Crippen molar-refractivity contribution in [1.82, 2.24) is 4.57 Å². The van der Waals surface area contributed by atoms with Crippen LogP contribution in [0.25, 0.3) is 21.9 Å². The summed E-state index contributed by atoms with van der Waals surface area (Å²) in [6, 6.07) is 21.0. The van der Waals surface area contributed by atoms with Crippen molar-refractivity contribution in [2.75, 3.05) is 0 Å². The zero-order chi connectivity index (χ0) is 21.3. The predicted octanol–water partition coefficient (Wildman–Crippen LogP) is 4.56. The molecule has 2 N–H and O–H groups in total. The van der Waals surface area contributed by atoms with Crippen molar-refractivity contribution < 1.29 is 15.0 Å². The van der Waals surface area contributed by atoms with Gasteiger partial charge in [-0.3, -0.25) is 9.36 Å². The Labute approximate surface area is 177 Å². The van der Waals surface area contributed by atoms with Crippen LogP contribution < -0.4 is 5.56 Å². The second-order valence-corrected chi connectivity index (χ2v) is 7.39. The molecule has 0 aliphatic rings. The molecule has 0 aliphatic heterocycles. The summed E-state index contributed by atoms with van der Waals surface area (Å²) >= 11 is 6.19. The van der Waals surface area contributed by atoms with Gasteiger partial charge in [-0.2, -0.15) is 0 Å². The number of carboxylic acids is 1. The number of aromatic carboxylic acids is 1. The van der Waals surface area contributed by atoms with E-state index in [9.17, 15) is 19.8 Å². The molecule has 4 rings (SSSR count). The second kappa shape index (κ2) is 8.14. The summed E-state index contributed by atoms with van der Waals surface area (Å²) < 4.78 is 1.29. The number of benzene rings is 3. The maximum absolute atomic E-state index is 13.3. The molecule has 0 saturated heterocycles. The number of pyridine rings is 1. The van der Waals surface area contributed by atoms with Crippen molar-refractivity contribution in [3.63, 3.8) is 0 Å². The SMILES string of the molecule is O=C(O)c1c(-c2ccc(CO)cc2)c2cc(Cl)ccc2c(=O)n1Cc1ccccc1. The molecule has 0 unspecified atom stereocenters. The van der Waals surface area contributed by atoms with E-state index in [-0.39, 0.29) is 18.8 Å². The first-order valence-corrected chi connectivity index (χ1v) is 9.71. The molecular formula is C24H18ClNO4. The molecule has 0 atom stereocenters. The lowest BCUT2D eigenvalue weighted by atomic mass is 9.95. The minimum atomic E-state index is -1.20. The zero-order valence-corrected chi connectivity index (χ0v) is 16.6. The fourth-order valence-electron chi connectivity index (χ4n) is 3.63. The summed E-state index contributed by atoms with van der Waals surface area (Å²) in [6.45, 7) is 0.00768. The molecule has 0 aliphatic carbocycles. The molecule has 5 nitrogen and oxygen atoms in total. The second-order valence-electron chi connectivity index (χ2n) is 6.95. The van der Waals surface area contributed by atoms with Gasteiger partial charge in [0.25, 0.3) is 5.56 Å². The molecule has 6 heteroatoms. The molecule has 150 valence electrons. The van der Waals surface area contributed by atoms with E-state index in [1.165, 1.54) is 4.57 Å². The topological polar surface area (TPSA) is 79.5 Å². The number of carbonyl (C=O) groups is 1. The molecule has 4 aromatic rings. The smallest absolute Gasteiger partial charge is 0.353 e. The van der Waals surface area contributed by atoms with Crippen LogP contribution in [0.4, 0.5) is 0 Å². The average Bonchev–Trinajstić information content (AvgIpc) is 2.76. The lowest BCUT2D eigenvalue weighted by Crippen LogP contribution is -2.28. The van der Waals surface area contributed by atoms with E-state index in [1.807, 2.05) is 30.3 Å². The molecule has 0 bridgehead atoms. The summed E-state index contributed by atoms with van der Waals surface area (Å²) in [6.07, 6.45) is 0. The fourth-order valence-corrected chi connectivity index (χ4v) is 3.80. The lowest BCUT2D eigenvalue weighted by molar-refractivity contribution is 0.0685. The van der Waals surface area contributed by atoms with E-state index in [0.29, 0.717) is 32.5 Å². The first kappa shape index (κ1) is 19.9. The van der Waals surface area contributed by atoms with Crippen LogP contribution in [0.1, 0.15) is 21.6 Å². The number of aliphatic hydroxyl groups excluding tert-OH is 1. The first-order chi connectivity index (χ1) is 14.5. The van der Waals surface area contributed by atoms with Gasteiger partial charge in [0.2, 0.25) is 0 Å². The third kappa shape index (κ3) is 3.61. The Balaban J connectivity index is 2.09. The van der Waals surface area contributed by atoms with E-state index >= 15 is 0 Å². The van der Waals surface area contributed by atoms with Crippen molar-refractivity contribution in [2.24, 2.45) is 0 Å². The van der Waals surface area contributed by atoms with Crippen molar-refractivity contribution >= 4 is 28.3 Å². The minimum Gasteiger partial charge on any atom is -0.477 e. The highest BCUT2D eigenvalue weighted by Gasteiger charge is 2.23. The minimum absolute atomic E-state index is 0.102. The third-order valence-corrected chi connectivity index (χ3v) is 5.28. The fraction of sp³-hybridized carbons (Fsp3) is 0.0833. The number of aromatic nitrogens is 1. The Hall–Kier alpha value is -3.41. The number of rotatable bonds is 5. The first-order valence-electron chi connectivity index (χ1n) is 9.33. The van der Waals surface area contributed by atoms with Gasteiger partial charge in [-0.25, -0.2) is 4.79 Å². The number of hydrogen-bond acceptors (Lipinski definition) is 3. The van der Waals surface area contributed by atoms with Crippen LogP contribution >= 0.6 is 11.6 Å². The van der Waals surface area contributed by atoms with Gasteiger partial charge in [-0.15, -0.1) is 0 Å². The summed E-state index contributed by atoms with van der Waals surface area (Å²) in [5.41, 5.74) is 2.07. The van der Waals surface area contributed by atoms with E-state index in [4.69, 9.17) is 11.6 Å². The maximum atomic E-state index is 13.3. The van der Waals surface area contributed by atoms with Gasteiger partial charge in [0.05, 0.1) is 13.2 Å². The Kier molecular flexibility index (Phi) is 5.40. The van der Waals surface area contributed by atoms with Crippen molar-refractivity contribution in [1.29, 1.82) is 0 Å². The van der Waals surface area contributed by atoms with Crippen molar-refractivity contribution in [2.45, 2.75) is 13.2 Å². The van der Waals surface area contributed by atoms with Gasteiger partial charge in [0, 0.05) is 16.0 Å². The molecule has 0 saturated carbocycles. The van der Waals surface area contributed by atoms with Crippen molar-refractivity contribution in [3.05, 3.63) is 105 Å². The summed E-state index contributed by atoms with van der Waals surface area (Å²) in [5.74, 6) is -1.20. The number of nitrogens with zero attached hydrogens (tertiary/aromatic N) is 1. The number of hydrogen-bond donors (Lipinski definition) is 2. The van der Waals surface area contributed by atoms with Crippen LogP contribution in [-0.4, -0.2) is 20.7 Å². The Morgan fingerprint density at radius 1 is 0.900 bits per heavy atom. The molecule has 3 aromatic carbocycles. The van der Waals surface area contributed by atoms with Crippen molar-refractivity contribution in [3.8, 4) is 11.1 Å². The highest BCUT2D eigenvalue weighted by atomic mass is 35.5. The van der Waals surface area contributed by atoms with Gasteiger partial charge >= 0.3 is 5.97 Å². The monoisotopic (exact) mass is 419 g/mol. The molecular weight excluding hydrogens is 402 g/mol. The van der Waals surface area contributed by atoms with Gasteiger partial charge < -0.3 is 10.2 Å². The lowest BCUT2D eigenvalue weighted by Gasteiger charge is -2.18. The number of fused-ring (bicyclic) bond motifs is 1. The summed E-state index contributed by atoms with van der Waals surface area (Å²) in [5, 5.41) is 20.7. The van der Waals surface area contributed by atoms with E-state index in [1.54, 1.807) is 42.5 Å². The Morgan fingerprint density at radius 3 is 2.23 bits per heavy atom. The Bertz CT molecular complexity index is 1300. The predicted molar refractivity (Wildman–Crippen MR) is 117 cm³/mol. The highest BCUT2D eigenvalue weighted by molar-refractivity contribution is 6.31. The molecule has 0 radical (unpaired) electrons. The largest absolute Gasteiger partial charge is 0.477 e. The number of aliphatic hydroxyl groups is 1. The molecule has 0 fully saturated rings. The van der Waals surface area contributed by atoms with E-state index in [2.05, 4.69) is 0 Å². The van der Waals surface area contributed by atoms with Crippen LogP contribution in [0.3, 0.4) is 0 Å². The normalized spacial score (nSPS) is 11.0. The maximum Gasteiger partial charge on any atom is 0.353 e. The van der Waals surface area contributed by atoms with Crippen LogP contribution in [0.15, 0.2) is 77.6 Å². The molecule has 0 spiro atoms. The molecule has 1 heterocycles. The third-order valence-electron chi connectivity index (χ3n) is 5.04. The standard InChI is InChI=1S/C24H18ClNO4/c25-18-10-11-19-20(12-18)21(17-8-6-16(14-27)7-9-17)22(24(29)30)26(23(19)28)13-15-4-2-1-3-5-15/h1-12,27H,13-14H2,(H,29,30). The summed E-state index contributed by atoms with van der Waals surface area (Å²) in [7, 11) is 0. The van der Waals surface area contributed by atoms with E-state index < -0.39 is 11.5 Å². The van der Waals surface area contributed by atoms with Gasteiger partial charge in [-0.05, 0) is 40.3 Å². The number of carboxylic acid groups (broad SMARTS) is 1. The molecule has 0 amide bonds.